The maximum atomic E-state index is 12.4. The number of nitro groups is 1. The van der Waals surface area contributed by atoms with Crippen molar-refractivity contribution in [2.45, 2.75) is 83.1 Å². The summed E-state index contributed by atoms with van der Waals surface area (Å²) >= 11 is 0. The highest BCUT2D eigenvalue weighted by Gasteiger charge is 2.48. The van der Waals surface area contributed by atoms with E-state index in [1.165, 1.54) is 6.92 Å². The summed E-state index contributed by atoms with van der Waals surface area (Å²) < 4.78 is 0. The lowest BCUT2D eigenvalue weighted by atomic mass is 9.81. The van der Waals surface area contributed by atoms with E-state index >= 15 is 0 Å². The number of rotatable bonds is 4. The first-order chi connectivity index (χ1) is 9.49. The van der Waals surface area contributed by atoms with Gasteiger partial charge in [0.05, 0.1) is 0 Å². The zero-order chi connectivity index (χ0) is 15.0. The normalized spacial score (nSPS) is 25.8. The SMILES string of the molecule is CC(=O)CCC1([N+](=O)[O-])CCCCCCCCCC1=O. The third-order valence-corrected chi connectivity index (χ3v) is 4.25. The summed E-state index contributed by atoms with van der Waals surface area (Å²) in [7, 11) is 0. The molecule has 0 aromatic rings. The van der Waals surface area contributed by atoms with Gasteiger partial charge in [-0.15, -0.1) is 0 Å². The summed E-state index contributed by atoms with van der Waals surface area (Å²) in [6.45, 7) is 1.42. The van der Waals surface area contributed by atoms with Gasteiger partial charge in [0.1, 0.15) is 5.78 Å². The minimum Gasteiger partial charge on any atom is -0.300 e. The Balaban J connectivity index is 2.88. The van der Waals surface area contributed by atoms with Crippen molar-refractivity contribution in [1.29, 1.82) is 0 Å². The second-order valence-electron chi connectivity index (χ2n) is 5.89. The quantitative estimate of drug-likeness (QED) is 0.584. The Morgan fingerprint density at radius 1 is 1.15 bits per heavy atom. The summed E-state index contributed by atoms with van der Waals surface area (Å²) in [5.41, 5.74) is -1.52. The van der Waals surface area contributed by atoms with E-state index in [1.54, 1.807) is 0 Å². The third kappa shape index (κ3) is 4.69. The molecule has 114 valence electrons. The monoisotopic (exact) mass is 283 g/mol. The van der Waals surface area contributed by atoms with E-state index < -0.39 is 10.5 Å². The molecule has 0 heterocycles. The summed E-state index contributed by atoms with van der Waals surface area (Å²) in [5, 5.41) is 11.5. The number of nitrogens with zero attached hydrogens (tertiary/aromatic N) is 1. The topological polar surface area (TPSA) is 77.3 Å². The van der Waals surface area contributed by atoms with Crippen molar-refractivity contribution >= 4 is 11.6 Å². The molecule has 0 amide bonds. The summed E-state index contributed by atoms with van der Waals surface area (Å²) in [6, 6.07) is 0. The summed E-state index contributed by atoms with van der Waals surface area (Å²) in [6.07, 6.45) is 7.40. The fourth-order valence-electron chi connectivity index (χ4n) is 2.89. The number of ketones is 2. The molecule has 1 saturated carbocycles. The van der Waals surface area contributed by atoms with Crippen LogP contribution < -0.4 is 0 Å². The molecule has 20 heavy (non-hydrogen) atoms. The van der Waals surface area contributed by atoms with Crippen molar-refractivity contribution in [3.63, 3.8) is 0 Å². The van der Waals surface area contributed by atoms with Gasteiger partial charge in [-0.05, 0) is 19.8 Å². The molecule has 0 aromatic carbocycles. The largest absolute Gasteiger partial charge is 0.300 e. The van der Waals surface area contributed by atoms with E-state index in [2.05, 4.69) is 0 Å². The van der Waals surface area contributed by atoms with Crippen LogP contribution in [-0.2, 0) is 9.59 Å². The van der Waals surface area contributed by atoms with Gasteiger partial charge < -0.3 is 4.79 Å². The molecule has 0 radical (unpaired) electrons. The molecule has 0 spiro atoms. The predicted molar refractivity (Wildman–Crippen MR) is 76.2 cm³/mol. The van der Waals surface area contributed by atoms with Gasteiger partial charge in [0.15, 0.2) is 0 Å². The van der Waals surface area contributed by atoms with Crippen LogP contribution in [0.5, 0.6) is 0 Å². The molecular formula is C15H25NO4. The number of hydrogen-bond donors (Lipinski definition) is 0. The molecule has 0 saturated heterocycles. The number of Topliss-reactive ketones (excluding diaryl/α,β-unsaturated/α-hetero) is 2. The van der Waals surface area contributed by atoms with Crippen molar-refractivity contribution in [3.8, 4) is 0 Å². The molecule has 0 aromatic heterocycles. The zero-order valence-corrected chi connectivity index (χ0v) is 12.4. The molecule has 1 rings (SSSR count). The van der Waals surface area contributed by atoms with Crippen LogP contribution in [0.15, 0.2) is 0 Å². The third-order valence-electron chi connectivity index (χ3n) is 4.25. The van der Waals surface area contributed by atoms with Crippen LogP contribution in [0.3, 0.4) is 0 Å². The molecular weight excluding hydrogens is 258 g/mol. The fraction of sp³-hybridized carbons (Fsp3) is 0.867. The van der Waals surface area contributed by atoms with E-state index in [1.807, 2.05) is 0 Å². The van der Waals surface area contributed by atoms with E-state index in [0.29, 0.717) is 6.42 Å². The standard InChI is InChI=1S/C15H25NO4/c1-13(17)10-12-15(16(19)20)11-8-6-4-2-3-5-7-9-14(15)18/h2-12H2,1H3. The minimum absolute atomic E-state index is 0.0637. The first kappa shape index (κ1) is 16.8. The maximum absolute atomic E-state index is 12.4. The lowest BCUT2D eigenvalue weighted by molar-refractivity contribution is -0.554. The van der Waals surface area contributed by atoms with Crippen LogP contribution in [-0.4, -0.2) is 22.0 Å². The Morgan fingerprint density at radius 3 is 2.25 bits per heavy atom. The van der Waals surface area contributed by atoms with E-state index in [-0.39, 0.29) is 37.2 Å². The highest BCUT2D eigenvalue weighted by atomic mass is 16.6. The first-order valence-corrected chi connectivity index (χ1v) is 7.66. The molecule has 1 fully saturated rings. The smallest absolute Gasteiger partial charge is 0.279 e. The molecule has 5 heteroatoms. The minimum atomic E-state index is -1.52. The van der Waals surface area contributed by atoms with Crippen molar-refractivity contribution in [2.75, 3.05) is 0 Å². The van der Waals surface area contributed by atoms with Crippen LogP contribution in [0.25, 0.3) is 0 Å². The van der Waals surface area contributed by atoms with Gasteiger partial charge in [0, 0.05) is 30.6 Å². The van der Waals surface area contributed by atoms with Crippen LogP contribution in [0, 0.1) is 10.1 Å². The molecule has 1 atom stereocenters. The number of carbonyl (C=O) groups excluding carboxylic acids is 2. The maximum Gasteiger partial charge on any atom is 0.279 e. The highest BCUT2D eigenvalue weighted by Crippen LogP contribution is 2.29. The van der Waals surface area contributed by atoms with Gasteiger partial charge in [-0.1, -0.05) is 32.1 Å². The Hall–Kier alpha value is -1.26. The molecule has 1 aliphatic rings. The zero-order valence-electron chi connectivity index (χ0n) is 12.4. The molecule has 0 N–H and O–H groups in total. The highest BCUT2D eigenvalue weighted by molar-refractivity contribution is 5.87. The van der Waals surface area contributed by atoms with Crippen molar-refractivity contribution < 1.29 is 14.5 Å². The Kier molecular flexibility index (Phi) is 6.82. The molecule has 1 unspecified atom stereocenters. The predicted octanol–water partition coefficient (Wildman–Crippen LogP) is 3.46. The number of hydrogen-bond acceptors (Lipinski definition) is 4. The van der Waals surface area contributed by atoms with Gasteiger partial charge in [-0.3, -0.25) is 14.9 Å². The average molecular weight is 283 g/mol. The molecule has 5 nitrogen and oxygen atoms in total. The van der Waals surface area contributed by atoms with Crippen LogP contribution in [0.1, 0.15) is 77.6 Å². The summed E-state index contributed by atoms with van der Waals surface area (Å²) in [5.74, 6) is -0.362. The number of carbonyl (C=O) groups is 2. The second-order valence-corrected chi connectivity index (χ2v) is 5.89. The van der Waals surface area contributed by atoms with Crippen molar-refractivity contribution in [2.24, 2.45) is 0 Å². The second kappa shape index (κ2) is 8.12. The lowest BCUT2D eigenvalue weighted by Gasteiger charge is -2.23. The fourth-order valence-corrected chi connectivity index (χ4v) is 2.89. The molecule has 0 aliphatic heterocycles. The van der Waals surface area contributed by atoms with Gasteiger partial charge in [0.2, 0.25) is 5.78 Å². The molecule has 1 aliphatic carbocycles. The van der Waals surface area contributed by atoms with Crippen LogP contribution >= 0.6 is 0 Å². The van der Waals surface area contributed by atoms with E-state index in [0.717, 1.165) is 38.5 Å². The average Bonchev–Trinajstić information content (AvgIpc) is 2.42. The Morgan fingerprint density at radius 2 is 1.70 bits per heavy atom. The van der Waals surface area contributed by atoms with Crippen LogP contribution in [0.4, 0.5) is 0 Å². The Labute approximate surface area is 120 Å². The first-order valence-electron chi connectivity index (χ1n) is 7.66. The molecule has 0 bridgehead atoms. The van der Waals surface area contributed by atoms with E-state index in [4.69, 9.17) is 0 Å². The van der Waals surface area contributed by atoms with E-state index in [9.17, 15) is 19.7 Å². The summed E-state index contributed by atoms with van der Waals surface area (Å²) in [4.78, 5) is 34.6. The van der Waals surface area contributed by atoms with Gasteiger partial charge >= 0.3 is 0 Å². The van der Waals surface area contributed by atoms with Crippen molar-refractivity contribution in [1.82, 2.24) is 0 Å². The van der Waals surface area contributed by atoms with Gasteiger partial charge in [-0.2, -0.15) is 0 Å². The van der Waals surface area contributed by atoms with Crippen molar-refractivity contribution in [3.05, 3.63) is 10.1 Å². The Bertz CT molecular complexity index is 367. The van der Waals surface area contributed by atoms with Crippen LogP contribution in [0.2, 0.25) is 0 Å². The lowest BCUT2D eigenvalue weighted by Crippen LogP contribution is -2.46. The van der Waals surface area contributed by atoms with Gasteiger partial charge in [0.25, 0.3) is 5.54 Å². The van der Waals surface area contributed by atoms with Gasteiger partial charge in [-0.25, -0.2) is 0 Å².